The summed E-state index contributed by atoms with van der Waals surface area (Å²) in [5.74, 6) is 0.965. The fourth-order valence-corrected chi connectivity index (χ4v) is 3.27. The van der Waals surface area contributed by atoms with E-state index < -0.39 is 0 Å². The van der Waals surface area contributed by atoms with Crippen molar-refractivity contribution in [2.75, 3.05) is 19.7 Å². The fourth-order valence-electron chi connectivity index (χ4n) is 3.27. The van der Waals surface area contributed by atoms with Crippen molar-refractivity contribution in [2.24, 2.45) is 5.92 Å². The van der Waals surface area contributed by atoms with Crippen LogP contribution in [0.25, 0.3) is 11.1 Å². The lowest BCUT2D eigenvalue weighted by atomic mass is 9.91. The lowest BCUT2D eigenvalue weighted by Crippen LogP contribution is -2.47. The van der Waals surface area contributed by atoms with Gasteiger partial charge >= 0.3 is 0 Å². The Hall–Kier alpha value is -2.34. The SMILES string of the molecule is Cc1[nH]ncc1-c1cccc(OCCNC(=O)[C@H]2CCCN[C@@H]2C)c1. The van der Waals surface area contributed by atoms with Gasteiger partial charge in [0.25, 0.3) is 0 Å². The van der Waals surface area contributed by atoms with Gasteiger partial charge in [-0.3, -0.25) is 9.89 Å². The zero-order valence-electron chi connectivity index (χ0n) is 14.8. The van der Waals surface area contributed by atoms with E-state index in [1.165, 1.54) is 0 Å². The highest BCUT2D eigenvalue weighted by molar-refractivity contribution is 5.79. The summed E-state index contributed by atoms with van der Waals surface area (Å²) in [5, 5.41) is 13.3. The normalized spacial score (nSPS) is 20.2. The Morgan fingerprint density at radius 1 is 1.44 bits per heavy atom. The number of rotatable bonds is 6. The summed E-state index contributed by atoms with van der Waals surface area (Å²) in [5.41, 5.74) is 3.16. The van der Waals surface area contributed by atoms with Gasteiger partial charge in [0.1, 0.15) is 12.4 Å². The van der Waals surface area contributed by atoms with Gasteiger partial charge in [-0.05, 0) is 50.9 Å². The molecule has 1 aromatic carbocycles. The maximum absolute atomic E-state index is 12.2. The highest BCUT2D eigenvalue weighted by Crippen LogP contribution is 2.25. The predicted molar refractivity (Wildman–Crippen MR) is 97.5 cm³/mol. The second kappa shape index (κ2) is 8.16. The summed E-state index contributed by atoms with van der Waals surface area (Å²) in [6.07, 6.45) is 3.82. The lowest BCUT2D eigenvalue weighted by molar-refractivity contribution is -0.126. The maximum atomic E-state index is 12.2. The molecule has 1 aliphatic rings. The van der Waals surface area contributed by atoms with Crippen molar-refractivity contribution < 1.29 is 9.53 Å². The number of aromatic amines is 1. The molecule has 6 nitrogen and oxygen atoms in total. The number of ether oxygens (including phenoxy) is 1. The smallest absolute Gasteiger partial charge is 0.224 e. The second-order valence-electron chi connectivity index (χ2n) is 6.57. The second-order valence-corrected chi connectivity index (χ2v) is 6.57. The van der Waals surface area contributed by atoms with E-state index in [2.05, 4.69) is 27.8 Å². The van der Waals surface area contributed by atoms with Crippen molar-refractivity contribution in [2.45, 2.75) is 32.7 Å². The molecule has 6 heteroatoms. The van der Waals surface area contributed by atoms with E-state index in [0.717, 1.165) is 42.0 Å². The van der Waals surface area contributed by atoms with E-state index in [1.807, 2.05) is 37.4 Å². The van der Waals surface area contributed by atoms with Crippen molar-refractivity contribution in [3.05, 3.63) is 36.2 Å². The van der Waals surface area contributed by atoms with Gasteiger partial charge in [-0.15, -0.1) is 0 Å². The van der Waals surface area contributed by atoms with Crippen LogP contribution in [0.3, 0.4) is 0 Å². The average Bonchev–Trinajstić information content (AvgIpc) is 3.05. The number of carbonyl (C=O) groups excluding carboxylic acids is 1. The van der Waals surface area contributed by atoms with Crippen LogP contribution < -0.4 is 15.4 Å². The van der Waals surface area contributed by atoms with E-state index in [1.54, 1.807) is 0 Å². The molecule has 0 aliphatic carbocycles. The molecule has 2 aromatic rings. The standard InChI is InChI=1S/C19H26N4O2/c1-13-17(7-4-8-20-13)19(24)21-9-10-25-16-6-3-5-15(11-16)18-12-22-23-14(18)2/h3,5-6,11-13,17,20H,4,7-10H2,1-2H3,(H,21,24)(H,22,23)/t13-,17+/m1/s1. The van der Waals surface area contributed by atoms with Crippen molar-refractivity contribution >= 4 is 5.91 Å². The maximum Gasteiger partial charge on any atom is 0.224 e. The molecule has 0 saturated carbocycles. The van der Waals surface area contributed by atoms with Gasteiger partial charge < -0.3 is 15.4 Å². The molecule has 0 bridgehead atoms. The molecule has 3 N–H and O–H groups in total. The highest BCUT2D eigenvalue weighted by atomic mass is 16.5. The molecule has 3 rings (SSSR count). The number of nitrogens with zero attached hydrogens (tertiary/aromatic N) is 1. The van der Waals surface area contributed by atoms with Crippen molar-refractivity contribution in [3.63, 3.8) is 0 Å². The van der Waals surface area contributed by atoms with Crippen LogP contribution in [-0.2, 0) is 4.79 Å². The summed E-state index contributed by atoms with van der Waals surface area (Å²) in [4.78, 5) is 12.2. The van der Waals surface area contributed by atoms with Crippen molar-refractivity contribution in [1.29, 1.82) is 0 Å². The molecular formula is C19H26N4O2. The van der Waals surface area contributed by atoms with Crippen LogP contribution in [0.5, 0.6) is 5.75 Å². The zero-order valence-corrected chi connectivity index (χ0v) is 14.8. The minimum atomic E-state index is 0.0566. The Kier molecular flexibility index (Phi) is 5.71. The first-order chi connectivity index (χ1) is 12.1. The quantitative estimate of drug-likeness (QED) is 0.704. The topological polar surface area (TPSA) is 79.0 Å². The molecule has 1 fully saturated rings. The third kappa shape index (κ3) is 4.39. The van der Waals surface area contributed by atoms with Crippen molar-refractivity contribution in [1.82, 2.24) is 20.8 Å². The summed E-state index contributed by atoms with van der Waals surface area (Å²) in [6, 6.07) is 8.15. The minimum Gasteiger partial charge on any atom is -0.492 e. The van der Waals surface area contributed by atoms with Gasteiger partial charge in [0, 0.05) is 17.3 Å². The Morgan fingerprint density at radius 2 is 2.32 bits per heavy atom. The van der Waals surface area contributed by atoms with Crippen LogP contribution in [0.2, 0.25) is 0 Å². The Bertz CT molecular complexity index is 713. The van der Waals surface area contributed by atoms with Crippen molar-refractivity contribution in [3.8, 4) is 16.9 Å². The Labute approximate surface area is 148 Å². The third-order valence-electron chi connectivity index (χ3n) is 4.74. The number of piperidine rings is 1. The molecule has 0 radical (unpaired) electrons. The fraction of sp³-hybridized carbons (Fsp3) is 0.474. The number of aryl methyl sites for hydroxylation is 1. The van der Waals surface area contributed by atoms with Gasteiger partial charge in [-0.25, -0.2) is 0 Å². The van der Waals surface area contributed by atoms with E-state index in [-0.39, 0.29) is 17.9 Å². The van der Waals surface area contributed by atoms with Gasteiger partial charge in [0.05, 0.1) is 18.7 Å². The first-order valence-electron chi connectivity index (χ1n) is 8.89. The first-order valence-corrected chi connectivity index (χ1v) is 8.89. The Morgan fingerprint density at radius 3 is 3.08 bits per heavy atom. The largest absolute Gasteiger partial charge is 0.492 e. The summed E-state index contributed by atoms with van der Waals surface area (Å²) in [7, 11) is 0. The summed E-state index contributed by atoms with van der Waals surface area (Å²) < 4.78 is 5.79. The zero-order chi connectivity index (χ0) is 17.6. The van der Waals surface area contributed by atoms with Crippen LogP contribution in [0, 0.1) is 12.8 Å². The third-order valence-corrected chi connectivity index (χ3v) is 4.74. The highest BCUT2D eigenvalue weighted by Gasteiger charge is 2.26. The van der Waals surface area contributed by atoms with Crippen LogP contribution in [0.4, 0.5) is 0 Å². The van der Waals surface area contributed by atoms with Crippen LogP contribution in [0.15, 0.2) is 30.5 Å². The van der Waals surface area contributed by atoms with E-state index in [9.17, 15) is 4.79 Å². The summed E-state index contributed by atoms with van der Waals surface area (Å²) >= 11 is 0. The molecular weight excluding hydrogens is 316 g/mol. The van der Waals surface area contributed by atoms with Gasteiger partial charge in [0.15, 0.2) is 0 Å². The van der Waals surface area contributed by atoms with E-state index in [0.29, 0.717) is 13.2 Å². The summed E-state index contributed by atoms with van der Waals surface area (Å²) in [6.45, 7) is 6.03. The Balaban J connectivity index is 1.48. The number of carbonyl (C=O) groups is 1. The molecule has 0 spiro atoms. The van der Waals surface area contributed by atoms with Crippen LogP contribution in [-0.4, -0.2) is 41.8 Å². The number of amides is 1. The molecule has 134 valence electrons. The molecule has 1 amide bonds. The number of hydrogen-bond acceptors (Lipinski definition) is 4. The molecule has 1 aromatic heterocycles. The predicted octanol–water partition coefficient (Wildman–Crippen LogP) is 2.27. The van der Waals surface area contributed by atoms with Crippen LogP contribution in [0.1, 0.15) is 25.5 Å². The minimum absolute atomic E-state index is 0.0566. The molecule has 25 heavy (non-hydrogen) atoms. The van der Waals surface area contributed by atoms with Gasteiger partial charge in [0.2, 0.25) is 5.91 Å². The van der Waals surface area contributed by atoms with Crippen LogP contribution >= 0.6 is 0 Å². The van der Waals surface area contributed by atoms with E-state index >= 15 is 0 Å². The molecule has 2 atom stereocenters. The lowest BCUT2D eigenvalue weighted by Gasteiger charge is -2.28. The first kappa shape index (κ1) is 17.5. The molecule has 2 heterocycles. The number of H-pyrrole nitrogens is 1. The number of aromatic nitrogens is 2. The number of hydrogen-bond donors (Lipinski definition) is 3. The molecule has 1 saturated heterocycles. The number of benzene rings is 1. The van der Waals surface area contributed by atoms with Gasteiger partial charge in [-0.1, -0.05) is 12.1 Å². The molecule has 0 unspecified atom stereocenters. The number of nitrogens with one attached hydrogen (secondary N) is 3. The monoisotopic (exact) mass is 342 g/mol. The van der Waals surface area contributed by atoms with E-state index in [4.69, 9.17) is 4.74 Å². The average molecular weight is 342 g/mol. The van der Waals surface area contributed by atoms with Gasteiger partial charge in [-0.2, -0.15) is 5.10 Å². The molecule has 1 aliphatic heterocycles.